The normalized spacial score (nSPS) is 15.7. The molecule has 7 heteroatoms. The number of rotatable bonds is 3. The standard InChI is InChI=1S/C3H9N3O2S2/c1-2-9(7)10(8)6-3(4)5/h2H2,1H3,(H4,4,5,6). The summed E-state index contributed by atoms with van der Waals surface area (Å²) < 4.78 is 24.5. The predicted octanol–water partition coefficient (Wildman–Crippen LogP) is -1.39. The van der Waals surface area contributed by atoms with E-state index >= 15 is 0 Å². The molecule has 0 aromatic heterocycles. The van der Waals surface area contributed by atoms with E-state index in [-0.39, 0.29) is 11.7 Å². The maximum atomic E-state index is 10.6. The van der Waals surface area contributed by atoms with Gasteiger partial charge in [0.1, 0.15) is 9.83 Å². The molecule has 0 aromatic carbocycles. The first-order valence-corrected chi connectivity index (χ1v) is 5.42. The molecule has 2 atom stereocenters. The molecule has 10 heavy (non-hydrogen) atoms. The van der Waals surface area contributed by atoms with Crippen LogP contribution in [-0.2, 0) is 19.8 Å². The van der Waals surface area contributed by atoms with Crippen molar-refractivity contribution in [3.05, 3.63) is 0 Å². The van der Waals surface area contributed by atoms with E-state index in [4.69, 9.17) is 11.5 Å². The Hall–Kier alpha value is -0.430. The lowest BCUT2D eigenvalue weighted by Gasteiger charge is -1.91. The first-order valence-electron chi connectivity index (χ1n) is 2.48. The number of nitrogens with two attached hydrogens (primary N) is 2. The molecule has 0 radical (unpaired) electrons. The Morgan fingerprint density at radius 3 is 2.30 bits per heavy atom. The van der Waals surface area contributed by atoms with Crippen molar-refractivity contribution >= 4 is 25.8 Å². The van der Waals surface area contributed by atoms with E-state index in [0.717, 1.165) is 0 Å². The fourth-order valence-electron chi connectivity index (χ4n) is 0.228. The summed E-state index contributed by atoms with van der Waals surface area (Å²) >= 11 is 0. The number of guanidine groups is 1. The Morgan fingerprint density at radius 1 is 1.50 bits per heavy atom. The van der Waals surface area contributed by atoms with Gasteiger partial charge < -0.3 is 11.5 Å². The van der Waals surface area contributed by atoms with Crippen molar-refractivity contribution in [3.63, 3.8) is 0 Å². The monoisotopic (exact) mass is 183 g/mol. The van der Waals surface area contributed by atoms with Gasteiger partial charge >= 0.3 is 0 Å². The van der Waals surface area contributed by atoms with Gasteiger partial charge in [0.15, 0.2) is 0 Å². The average Bonchev–Trinajstić information content (AvgIpc) is 1.85. The minimum Gasteiger partial charge on any atom is -0.369 e. The molecule has 0 spiro atoms. The molecular weight excluding hydrogens is 174 g/mol. The summed E-state index contributed by atoms with van der Waals surface area (Å²) in [6.07, 6.45) is 0. The van der Waals surface area contributed by atoms with Gasteiger partial charge in [-0.1, -0.05) is 6.92 Å². The van der Waals surface area contributed by atoms with Crippen LogP contribution in [0.3, 0.4) is 0 Å². The molecule has 0 amide bonds. The van der Waals surface area contributed by atoms with Crippen molar-refractivity contribution in [2.75, 3.05) is 5.75 Å². The second-order valence-corrected chi connectivity index (χ2v) is 5.10. The zero-order valence-electron chi connectivity index (χ0n) is 5.44. The summed E-state index contributed by atoms with van der Waals surface area (Å²) in [4.78, 5) is 0. The fraction of sp³-hybridized carbons (Fsp3) is 0.667. The fourth-order valence-corrected chi connectivity index (χ4v) is 1.80. The molecule has 0 aliphatic heterocycles. The van der Waals surface area contributed by atoms with Crippen LogP contribution in [0.5, 0.6) is 0 Å². The molecule has 0 fully saturated rings. The Balaban J connectivity index is 4.11. The Bertz CT molecular complexity index is 186. The second kappa shape index (κ2) is 4.40. The Morgan fingerprint density at radius 2 is 2.00 bits per heavy atom. The van der Waals surface area contributed by atoms with Crippen LogP contribution in [-0.4, -0.2) is 20.1 Å². The predicted molar refractivity (Wildman–Crippen MR) is 42.6 cm³/mol. The molecule has 0 saturated carbocycles. The van der Waals surface area contributed by atoms with Crippen molar-refractivity contribution in [1.82, 2.24) is 0 Å². The van der Waals surface area contributed by atoms with Crippen LogP contribution in [0.2, 0.25) is 0 Å². The third-order valence-electron chi connectivity index (χ3n) is 0.575. The third-order valence-corrected chi connectivity index (χ3v) is 3.61. The second-order valence-electron chi connectivity index (χ2n) is 1.33. The summed E-state index contributed by atoms with van der Waals surface area (Å²) in [7, 11) is -3.25. The molecule has 0 rings (SSSR count). The SMILES string of the molecule is CCS(=O)S(=O)N=C(N)N. The van der Waals surface area contributed by atoms with Crippen LogP contribution in [0, 0.1) is 0 Å². The van der Waals surface area contributed by atoms with Gasteiger partial charge in [0.2, 0.25) is 16.0 Å². The highest BCUT2D eigenvalue weighted by atomic mass is 33.1. The number of nitrogens with zero attached hydrogens (tertiary/aromatic N) is 1. The summed E-state index contributed by atoms with van der Waals surface area (Å²) in [5, 5.41) is 0. The molecule has 0 bridgehead atoms. The van der Waals surface area contributed by atoms with Gasteiger partial charge in [0.05, 0.1) is 0 Å². The van der Waals surface area contributed by atoms with Crippen molar-refractivity contribution in [2.45, 2.75) is 6.92 Å². The minimum atomic E-state index is -1.78. The highest BCUT2D eigenvalue weighted by molar-refractivity contribution is 8.60. The summed E-state index contributed by atoms with van der Waals surface area (Å²) in [6.45, 7) is 1.64. The minimum absolute atomic E-state index is 0.281. The van der Waals surface area contributed by atoms with Crippen LogP contribution in [0.4, 0.5) is 0 Å². The van der Waals surface area contributed by atoms with E-state index in [1.165, 1.54) is 0 Å². The first-order chi connectivity index (χ1) is 4.57. The van der Waals surface area contributed by atoms with Gasteiger partial charge in [-0.05, 0) is 0 Å². The largest absolute Gasteiger partial charge is 0.369 e. The van der Waals surface area contributed by atoms with Gasteiger partial charge in [-0.2, -0.15) is 0 Å². The first kappa shape index (κ1) is 9.57. The van der Waals surface area contributed by atoms with Crippen molar-refractivity contribution in [1.29, 1.82) is 0 Å². The Kier molecular flexibility index (Phi) is 4.21. The lowest BCUT2D eigenvalue weighted by Crippen LogP contribution is -2.23. The molecule has 0 saturated heterocycles. The topological polar surface area (TPSA) is 98.5 Å². The molecule has 0 aliphatic carbocycles. The smallest absolute Gasteiger partial charge is 0.235 e. The number of hydrogen-bond donors (Lipinski definition) is 2. The van der Waals surface area contributed by atoms with Gasteiger partial charge in [0, 0.05) is 5.75 Å². The van der Waals surface area contributed by atoms with Crippen LogP contribution in [0.25, 0.3) is 0 Å². The van der Waals surface area contributed by atoms with Gasteiger partial charge in [-0.25, -0.2) is 8.42 Å². The summed E-state index contributed by atoms with van der Waals surface area (Å²) in [5.74, 6) is -0.0243. The van der Waals surface area contributed by atoms with Crippen LogP contribution in [0.1, 0.15) is 6.92 Å². The summed E-state index contributed by atoms with van der Waals surface area (Å²) in [6, 6.07) is 0. The van der Waals surface area contributed by atoms with Crippen LogP contribution in [0.15, 0.2) is 4.40 Å². The highest BCUT2D eigenvalue weighted by Crippen LogP contribution is 1.91. The third kappa shape index (κ3) is 3.57. The van der Waals surface area contributed by atoms with Crippen molar-refractivity contribution in [2.24, 2.45) is 15.9 Å². The van der Waals surface area contributed by atoms with Crippen LogP contribution < -0.4 is 11.5 Å². The van der Waals surface area contributed by atoms with Gasteiger partial charge in [-0.3, -0.25) is 0 Å². The maximum Gasteiger partial charge on any atom is 0.235 e. The molecule has 2 unspecified atom stereocenters. The van der Waals surface area contributed by atoms with Gasteiger partial charge in [0.25, 0.3) is 0 Å². The molecule has 0 aliphatic rings. The average molecular weight is 183 g/mol. The maximum absolute atomic E-state index is 10.6. The van der Waals surface area contributed by atoms with E-state index < -0.39 is 19.8 Å². The zero-order chi connectivity index (χ0) is 8.15. The highest BCUT2D eigenvalue weighted by Gasteiger charge is 2.04. The summed E-state index contributed by atoms with van der Waals surface area (Å²) in [5.41, 5.74) is 9.77. The van der Waals surface area contributed by atoms with E-state index in [2.05, 4.69) is 4.40 Å². The molecule has 5 nitrogen and oxygen atoms in total. The molecule has 0 aromatic rings. The molecule has 0 heterocycles. The number of hydrogen-bond acceptors (Lipinski definition) is 2. The van der Waals surface area contributed by atoms with Crippen molar-refractivity contribution < 1.29 is 8.42 Å². The van der Waals surface area contributed by atoms with Crippen LogP contribution >= 0.6 is 0 Å². The lowest BCUT2D eigenvalue weighted by atomic mass is 11.0. The molecule has 60 valence electrons. The van der Waals surface area contributed by atoms with E-state index in [1.807, 2.05) is 0 Å². The molecular formula is C3H9N3O2S2. The van der Waals surface area contributed by atoms with Gasteiger partial charge in [-0.15, -0.1) is 4.40 Å². The lowest BCUT2D eigenvalue weighted by molar-refractivity contribution is 0.678. The van der Waals surface area contributed by atoms with Crippen molar-refractivity contribution in [3.8, 4) is 0 Å². The Labute approximate surface area is 63.3 Å². The van der Waals surface area contributed by atoms with E-state index in [1.54, 1.807) is 6.92 Å². The zero-order valence-corrected chi connectivity index (χ0v) is 7.08. The molecule has 4 N–H and O–H groups in total. The quantitative estimate of drug-likeness (QED) is 0.319. The van der Waals surface area contributed by atoms with E-state index in [0.29, 0.717) is 0 Å². The van der Waals surface area contributed by atoms with E-state index in [9.17, 15) is 8.42 Å².